The Morgan fingerprint density at radius 2 is 2.12 bits per heavy atom. The fraction of sp³-hybridized carbons (Fsp3) is 0.167. The van der Waals surface area contributed by atoms with Gasteiger partial charge in [0.25, 0.3) is 0 Å². The Balaban J connectivity index is 2.46. The van der Waals surface area contributed by atoms with E-state index in [9.17, 15) is 9.59 Å². The molecule has 0 aliphatic rings. The van der Waals surface area contributed by atoms with Crippen LogP contribution >= 0.6 is 0 Å². The SMILES string of the molecule is Cc1cccc(COC(=O)/C=C\C(=O)O)c1. The van der Waals surface area contributed by atoms with E-state index in [1.807, 2.05) is 31.2 Å². The average molecular weight is 220 g/mol. The third-order valence-electron chi connectivity index (χ3n) is 1.83. The first-order valence-corrected chi connectivity index (χ1v) is 4.71. The number of aliphatic carboxylic acids is 1. The molecule has 0 saturated carbocycles. The van der Waals surface area contributed by atoms with Gasteiger partial charge >= 0.3 is 11.9 Å². The van der Waals surface area contributed by atoms with Gasteiger partial charge in [0.05, 0.1) is 0 Å². The topological polar surface area (TPSA) is 63.6 Å². The summed E-state index contributed by atoms with van der Waals surface area (Å²) in [5, 5.41) is 8.29. The Morgan fingerprint density at radius 1 is 1.38 bits per heavy atom. The molecule has 0 atom stereocenters. The van der Waals surface area contributed by atoms with Crippen molar-refractivity contribution in [2.24, 2.45) is 0 Å². The highest BCUT2D eigenvalue weighted by molar-refractivity contribution is 5.90. The van der Waals surface area contributed by atoms with Crippen LogP contribution in [0.1, 0.15) is 11.1 Å². The van der Waals surface area contributed by atoms with Crippen molar-refractivity contribution in [2.45, 2.75) is 13.5 Å². The molecule has 1 aromatic rings. The van der Waals surface area contributed by atoms with Crippen LogP contribution in [0.25, 0.3) is 0 Å². The summed E-state index contributed by atoms with van der Waals surface area (Å²) >= 11 is 0. The van der Waals surface area contributed by atoms with Crippen molar-refractivity contribution in [1.29, 1.82) is 0 Å². The van der Waals surface area contributed by atoms with Crippen LogP contribution in [0.2, 0.25) is 0 Å². The predicted molar refractivity (Wildman–Crippen MR) is 57.8 cm³/mol. The van der Waals surface area contributed by atoms with E-state index in [-0.39, 0.29) is 6.61 Å². The maximum atomic E-state index is 11.0. The molecule has 4 heteroatoms. The first-order chi connectivity index (χ1) is 7.58. The molecule has 0 aromatic heterocycles. The van der Waals surface area contributed by atoms with Crippen molar-refractivity contribution >= 4 is 11.9 Å². The van der Waals surface area contributed by atoms with Gasteiger partial charge in [-0.25, -0.2) is 9.59 Å². The number of rotatable bonds is 4. The highest BCUT2D eigenvalue weighted by atomic mass is 16.5. The number of esters is 1. The first-order valence-electron chi connectivity index (χ1n) is 4.71. The van der Waals surface area contributed by atoms with Gasteiger partial charge < -0.3 is 9.84 Å². The van der Waals surface area contributed by atoms with Gasteiger partial charge in [-0.05, 0) is 12.5 Å². The molecule has 1 N–H and O–H groups in total. The number of benzene rings is 1. The van der Waals surface area contributed by atoms with Gasteiger partial charge in [-0.3, -0.25) is 0 Å². The van der Waals surface area contributed by atoms with Crippen molar-refractivity contribution in [3.05, 3.63) is 47.5 Å². The smallest absolute Gasteiger partial charge is 0.331 e. The molecule has 0 bridgehead atoms. The summed E-state index contributed by atoms with van der Waals surface area (Å²) < 4.78 is 4.84. The molecule has 4 nitrogen and oxygen atoms in total. The molecule has 16 heavy (non-hydrogen) atoms. The predicted octanol–water partition coefficient (Wildman–Crippen LogP) is 1.68. The van der Waals surface area contributed by atoms with E-state index in [0.29, 0.717) is 0 Å². The normalized spacial score (nSPS) is 10.3. The molecule has 1 rings (SSSR count). The van der Waals surface area contributed by atoms with Crippen LogP contribution in [0, 0.1) is 6.92 Å². The number of hydrogen-bond acceptors (Lipinski definition) is 3. The summed E-state index contributed by atoms with van der Waals surface area (Å²) in [5.41, 5.74) is 1.95. The fourth-order valence-electron chi connectivity index (χ4n) is 1.14. The molecular formula is C12H12O4. The van der Waals surface area contributed by atoms with Gasteiger partial charge in [0.1, 0.15) is 6.61 Å². The zero-order valence-corrected chi connectivity index (χ0v) is 8.84. The molecule has 0 aliphatic carbocycles. The zero-order chi connectivity index (χ0) is 12.0. The molecule has 0 spiro atoms. The summed E-state index contributed by atoms with van der Waals surface area (Å²) in [6, 6.07) is 7.54. The van der Waals surface area contributed by atoms with Crippen LogP contribution in [0.5, 0.6) is 0 Å². The molecule has 0 amide bonds. The van der Waals surface area contributed by atoms with Crippen molar-refractivity contribution in [3.8, 4) is 0 Å². The van der Waals surface area contributed by atoms with Gasteiger partial charge in [-0.1, -0.05) is 29.8 Å². The first kappa shape index (κ1) is 12.0. The highest BCUT2D eigenvalue weighted by Gasteiger charge is 1.99. The van der Waals surface area contributed by atoms with E-state index in [1.165, 1.54) is 0 Å². The lowest BCUT2D eigenvalue weighted by atomic mass is 10.1. The number of carboxylic acid groups (broad SMARTS) is 1. The van der Waals surface area contributed by atoms with E-state index in [0.717, 1.165) is 23.3 Å². The van der Waals surface area contributed by atoms with E-state index < -0.39 is 11.9 Å². The number of carbonyl (C=O) groups excluding carboxylic acids is 1. The van der Waals surface area contributed by atoms with Gasteiger partial charge in [-0.15, -0.1) is 0 Å². The van der Waals surface area contributed by atoms with E-state index in [1.54, 1.807) is 0 Å². The van der Waals surface area contributed by atoms with Crippen molar-refractivity contribution in [2.75, 3.05) is 0 Å². The standard InChI is InChI=1S/C12H12O4/c1-9-3-2-4-10(7-9)8-16-12(15)6-5-11(13)14/h2-7H,8H2,1H3,(H,13,14)/b6-5-. The summed E-state index contributed by atoms with van der Waals surface area (Å²) in [6.45, 7) is 2.08. The van der Waals surface area contributed by atoms with Crippen LogP contribution in [0.4, 0.5) is 0 Å². The Morgan fingerprint density at radius 3 is 2.75 bits per heavy atom. The van der Waals surface area contributed by atoms with Gasteiger partial charge in [0, 0.05) is 12.2 Å². The van der Waals surface area contributed by atoms with E-state index in [2.05, 4.69) is 0 Å². The second-order valence-corrected chi connectivity index (χ2v) is 3.27. The number of carbonyl (C=O) groups is 2. The Hall–Kier alpha value is -2.10. The van der Waals surface area contributed by atoms with Crippen LogP contribution in [0.3, 0.4) is 0 Å². The lowest BCUT2D eigenvalue weighted by Crippen LogP contribution is -2.02. The molecular weight excluding hydrogens is 208 g/mol. The molecule has 0 aliphatic heterocycles. The number of hydrogen-bond donors (Lipinski definition) is 1. The van der Waals surface area contributed by atoms with Crippen LogP contribution < -0.4 is 0 Å². The monoisotopic (exact) mass is 220 g/mol. The van der Waals surface area contributed by atoms with Crippen LogP contribution in [-0.2, 0) is 20.9 Å². The summed E-state index contributed by atoms with van der Waals surface area (Å²) in [6.07, 6.45) is 1.64. The number of aryl methyl sites for hydroxylation is 1. The second-order valence-electron chi connectivity index (χ2n) is 3.27. The third kappa shape index (κ3) is 4.41. The van der Waals surface area contributed by atoms with E-state index >= 15 is 0 Å². The quantitative estimate of drug-likeness (QED) is 0.619. The lowest BCUT2D eigenvalue weighted by molar-refractivity contribution is -0.139. The van der Waals surface area contributed by atoms with Crippen LogP contribution in [0.15, 0.2) is 36.4 Å². The molecule has 0 saturated heterocycles. The minimum atomic E-state index is -1.17. The second kappa shape index (κ2) is 5.70. The maximum absolute atomic E-state index is 11.0. The van der Waals surface area contributed by atoms with Gasteiger partial charge in [0.15, 0.2) is 0 Å². The Kier molecular flexibility index (Phi) is 4.27. The molecule has 0 fully saturated rings. The highest BCUT2D eigenvalue weighted by Crippen LogP contribution is 2.05. The summed E-state index contributed by atoms with van der Waals surface area (Å²) in [4.78, 5) is 21.2. The summed E-state index contributed by atoms with van der Waals surface area (Å²) in [5.74, 6) is -1.84. The molecule has 1 aromatic carbocycles. The van der Waals surface area contributed by atoms with Crippen molar-refractivity contribution in [3.63, 3.8) is 0 Å². The van der Waals surface area contributed by atoms with Crippen molar-refractivity contribution in [1.82, 2.24) is 0 Å². The lowest BCUT2D eigenvalue weighted by Gasteiger charge is -2.02. The fourth-order valence-corrected chi connectivity index (χ4v) is 1.14. The average Bonchev–Trinajstić information content (AvgIpc) is 2.23. The van der Waals surface area contributed by atoms with Gasteiger partial charge in [-0.2, -0.15) is 0 Å². The van der Waals surface area contributed by atoms with Crippen LogP contribution in [-0.4, -0.2) is 17.0 Å². The minimum Gasteiger partial charge on any atom is -0.478 e. The van der Waals surface area contributed by atoms with Gasteiger partial charge in [0.2, 0.25) is 0 Å². The van der Waals surface area contributed by atoms with Crippen molar-refractivity contribution < 1.29 is 19.4 Å². The number of carboxylic acids is 1. The van der Waals surface area contributed by atoms with E-state index in [4.69, 9.17) is 9.84 Å². The Labute approximate surface area is 93.2 Å². The third-order valence-corrected chi connectivity index (χ3v) is 1.83. The maximum Gasteiger partial charge on any atom is 0.331 e. The zero-order valence-electron chi connectivity index (χ0n) is 8.84. The number of ether oxygens (including phenoxy) is 1. The molecule has 0 unspecified atom stereocenters. The Bertz CT molecular complexity index is 421. The molecule has 0 radical (unpaired) electrons. The molecule has 0 heterocycles. The minimum absolute atomic E-state index is 0.143. The largest absolute Gasteiger partial charge is 0.478 e. The molecule has 84 valence electrons. The summed E-state index contributed by atoms with van der Waals surface area (Å²) in [7, 11) is 0.